The van der Waals surface area contributed by atoms with Gasteiger partial charge in [0.25, 0.3) is 0 Å². The zero-order valence-corrected chi connectivity index (χ0v) is 8.61. The molecule has 0 saturated heterocycles. The van der Waals surface area contributed by atoms with Crippen LogP contribution in [-0.4, -0.2) is 9.97 Å². The first-order chi connectivity index (χ1) is 7.70. The summed E-state index contributed by atoms with van der Waals surface area (Å²) in [5, 5.41) is 8.62. The Labute approximate surface area is 92.2 Å². The standard InChI is InChI=1S/C12H8FN3/c1-8-4-5-15-12(16-8)10-3-2-9(7-14)6-11(10)13/h2-6H,1H3. The van der Waals surface area contributed by atoms with Crippen LogP contribution in [0.1, 0.15) is 11.3 Å². The van der Waals surface area contributed by atoms with E-state index in [2.05, 4.69) is 9.97 Å². The molecule has 0 bridgehead atoms. The lowest BCUT2D eigenvalue weighted by Gasteiger charge is -2.02. The van der Waals surface area contributed by atoms with Gasteiger partial charge in [0, 0.05) is 11.9 Å². The fourth-order valence-electron chi connectivity index (χ4n) is 1.34. The van der Waals surface area contributed by atoms with Gasteiger partial charge in [-0.1, -0.05) is 0 Å². The van der Waals surface area contributed by atoms with Crippen molar-refractivity contribution < 1.29 is 4.39 Å². The van der Waals surface area contributed by atoms with E-state index in [-0.39, 0.29) is 5.56 Å². The highest BCUT2D eigenvalue weighted by atomic mass is 19.1. The lowest BCUT2D eigenvalue weighted by atomic mass is 10.1. The van der Waals surface area contributed by atoms with Gasteiger partial charge in [-0.25, -0.2) is 14.4 Å². The van der Waals surface area contributed by atoms with Crippen molar-refractivity contribution in [3.63, 3.8) is 0 Å². The zero-order chi connectivity index (χ0) is 11.5. The Balaban J connectivity index is 2.53. The van der Waals surface area contributed by atoms with Gasteiger partial charge < -0.3 is 0 Å². The van der Waals surface area contributed by atoms with Crippen LogP contribution in [0.5, 0.6) is 0 Å². The van der Waals surface area contributed by atoms with Crippen LogP contribution in [0.25, 0.3) is 11.4 Å². The third-order valence-electron chi connectivity index (χ3n) is 2.13. The molecular weight excluding hydrogens is 205 g/mol. The van der Waals surface area contributed by atoms with E-state index < -0.39 is 5.82 Å². The van der Waals surface area contributed by atoms with Crippen molar-refractivity contribution in [3.8, 4) is 17.5 Å². The Morgan fingerprint density at radius 1 is 1.31 bits per heavy atom. The van der Waals surface area contributed by atoms with Gasteiger partial charge in [0.15, 0.2) is 5.82 Å². The van der Waals surface area contributed by atoms with E-state index in [0.717, 1.165) is 5.69 Å². The van der Waals surface area contributed by atoms with Gasteiger partial charge in [-0.15, -0.1) is 0 Å². The Morgan fingerprint density at radius 2 is 2.12 bits per heavy atom. The topological polar surface area (TPSA) is 49.6 Å². The fraction of sp³-hybridized carbons (Fsp3) is 0.0833. The summed E-state index contributed by atoms with van der Waals surface area (Å²) in [7, 11) is 0. The molecule has 0 amide bonds. The van der Waals surface area contributed by atoms with Gasteiger partial charge in [-0.05, 0) is 31.2 Å². The highest BCUT2D eigenvalue weighted by molar-refractivity contribution is 5.57. The molecule has 78 valence electrons. The highest BCUT2D eigenvalue weighted by Gasteiger charge is 2.08. The van der Waals surface area contributed by atoms with Crippen LogP contribution in [0.2, 0.25) is 0 Å². The van der Waals surface area contributed by atoms with Crippen molar-refractivity contribution in [1.29, 1.82) is 5.26 Å². The predicted octanol–water partition coefficient (Wildman–Crippen LogP) is 2.46. The highest BCUT2D eigenvalue weighted by Crippen LogP contribution is 2.19. The quantitative estimate of drug-likeness (QED) is 0.731. The molecule has 0 N–H and O–H groups in total. The summed E-state index contributed by atoms with van der Waals surface area (Å²) in [4.78, 5) is 8.12. The lowest BCUT2D eigenvalue weighted by molar-refractivity contribution is 0.629. The predicted molar refractivity (Wildman–Crippen MR) is 56.9 cm³/mol. The normalized spacial score (nSPS) is 9.81. The molecule has 0 aliphatic carbocycles. The third kappa shape index (κ3) is 1.89. The maximum absolute atomic E-state index is 13.6. The minimum absolute atomic E-state index is 0.286. The fourth-order valence-corrected chi connectivity index (χ4v) is 1.34. The van der Waals surface area contributed by atoms with Gasteiger partial charge in [-0.2, -0.15) is 5.26 Å². The number of hydrogen-bond acceptors (Lipinski definition) is 3. The number of aromatic nitrogens is 2. The molecular formula is C12H8FN3. The Bertz CT molecular complexity index is 573. The minimum Gasteiger partial charge on any atom is -0.236 e. The van der Waals surface area contributed by atoms with E-state index in [1.165, 1.54) is 12.1 Å². The van der Waals surface area contributed by atoms with E-state index in [0.29, 0.717) is 11.4 Å². The number of hydrogen-bond donors (Lipinski definition) is 0. The van der Waals surface area contributed by atoms with Crippen molar-refractivity contribution >= 4 is 0 Å². The second-order valence-electron chi connectivity index (χ2n) is 3.33. The molecule has 0 radical (unpaired) electrons. The molecule has 1 heterocycles. The maximum atomic E-state index is 13.6. The zero-order valence-electron chi connectivity index (χ0n) is 8.61. The molecule has 1 aromatic carbocycles. The van der Waals surface area contributed by atoms with Crippen LogP contribution >= 0.6 is 0 Å². The van der Waals surface area contributed by atoms with Crippen molar-refractivity contribution in [3.05, 3.63) is 47.5 Å². The van der Waals surface area contributed by atoms with Crippen LogP contribution < -0.4 is 0 Å². The smallest absolute Gasteiger partial charge is 0.162 e. The maximum Gasteiger partial charge on any atom is 0.162 e. The lowest BCUT2D eigenvalue weighted by Crippen LogP contribution is -1.93. The van der Waals surface area contributed by atoms with Gasteiger partial charge >= 0.3 is 0 Å². The monoisotopic (exact) mass is 213 g/mol. The molecule has 0 aliphatic heterocycles. The Hall–Kier alpha value is -2.28. The van der Waals surface area contributed by atoms with Crippen molar-refractivity contribution in [2.75, 3.05) is 0 Å². The third-order valence-corrected chi connectivity index (χ3v) is 2.13. The molecule has 1 aromatic heterocycles. The molecule has 0 fully saturated rings. The van der Waals surface area contributed by atoms with E-state index in [1.807, 2.05) is 13.0 Å². The largest absolute Gasteiger partial charge is 0.236 e. The number of halogens is 1. The van der Waals surface area contributed by atoms with E-state index in [1.54, 1.807) is 18.3 Å². The molecule has 4 heteroatoms. The van der Waals surface area contributed by atoms with Crippen molar-refractivity contribution in [2.24, 2.45) is 0 Å². The average Bonchev–Trinajstić information content (AvgIpc) is 2.28. The van der Waals surface area contributed by atoms with Gasteiger partial charge in [0.05, 0.1) is 17.2 Å². The molecule has 2 rings (SSSR count). The molecule has 2 aromatic rings. The van der Waals surface area contributed by atoms with Crippen molar-refractivity contribution in [2.45, 2.75) is 6.92 Å². The van der Waals surface area contributed by atoms with Crippen molar-refractivity contribution in [1.82, 2.24) is 9.97 Å². The average molecular weight is 213 g/mol. The minimum atomic E-state index is -0.482. The number of rotatable bonds is 1. The number of nitriles is 1. The SMILES string of the molecule is Cc1ccnc(-c2ccc(C#N)cc2F)n1. The first-order valence-corrected chi connectivity index (χ1v) is 4.70. The second kappa shape index (κ2) is 4.07. The van der Waals surface area contributed by atoms with Crippen LogP contribution in [0.4, 0.5) is 4.39 Å². The molecule has 0 aliphatic rings. The van der Waals surface area contributed by atoms with E-state index >= 15 is 0 Å². The van der Waals surface area contributed by atoms with Crippen LogP contribution in [-0.2, 0) is 0 Å². The summed E-state index contributed by atoms with van der Waals surface area (Å²) < 4.78 is 13.6. The van der Waals surface area contributed by atoms with E-state index in [4.69, 9.17) is 5.26 Å². The van der Waals surface area contributed by atoms with Gasteiger partial charge in [-0.3, -0.25) is 0 Å². The van der Waals surface area contributed by atoms with Crippen LogP contribution in [0, 0.1) is 24.1 Å². The summed E-state index contributed by atoms with van der Waals surface area (Å²) in [6.45, 7) is 1.81. The summed E-state index contributed by atoms with van der Waals surface area (Å²) in [5.41, 5.74) is 1.37. The summed E-state index contributed by atoms with van der Waals surface area (Å²) in [5.74, 6) is -0.147. The molecule has 0 atom stereocenters. The van der Waals surface area contributed by atoms with Crippen LogP contribution in [0.3, 0.4) is 0 Å². The summed E-state index contributed by atoms with van der Waals surface area (Å²) in [6.07, 6.45) is 1.58. The Kier molecular flexibility index (Phi) is 2.61. The van der Waals surface area contributed by atoms with E-state index in [9.17, 15) is 4.39 Å². The molecule has 0 spiro atoms. The number of benzene rings is 1. The summed E-state index contributed by atoms with van der Waals surface area (Å²) >= 11 is 0. The first kappa shape index (κ1) is 10.2. The number of nitrogens with zero attached hydrogens (tertiary/aromatic N) is 3. The molecule has 0 unspecified atom stereocenters. The molecule has 3 nitrogen and oxygen atoms in total. The van der Waals surface area contributed by atoms with Gasteiger partial charge in [0.1, 0.15) is 5.82 Å². The first-order valence-electron chi connectivity index (χ1n) is 4.70. The van der Waals surface area contributed by atoms with Crippen LogP contribution in [0.15, 0.2) is 30.5 Å². The molecule has 16 heavy (non-hydrogen) atoms. The summed E-state index contributed by atoms with van der Waals surface area (Å²) in [6, 6.07) is 7.86. The molecule has 0 saturated carbocycles. The Morgan fingerprint density at radius 3 is 2.75 bits per heavy atom. The number of aryl methyl sites for hydroxylation is 1. The second-order valence-corrected chi connectivity index (χ2v) is 3.33. The van der Waals surface area contributed by atoms with Gasteiger partial charge in [0.2, 0.25) is 0 Å².